The van der Waals surface area contributed by atoms with Gasteiger partial charge in [0.05, 0.1) is 35.5 Å². The average Bonchev–Trinajstić information content (AvgIpc) is 3.95. The number of nitrogens with zero attached hydrogens (tertiary/aromatic N) is 6. The summed E-state index contributed by atoms with van der Waals surface area (Å²) in [5, 5.41) is 50.6. The van der Waals surface area contributed by atoms with Crippen LogP contribution in [0.3, 0.4) is 0 Å². The highest BCUT2D eigenvalue weighted by atomic mass is 35.5. The highest BCUT2D eigenvalue weighted by Gasteiger charge is 2.52. The Balaban J connectivity index is 0.000000199. The van der Waals surface area contributed by atoms with Crippen LogP contribution in [0.2, 0.25) is 0 Å². The van der Waals surface area contributed by atoms with Gasteiger partial charge in [-0.1, -0.05) is 0 Å². The Kier molecular flexibility index (Phi) is 16.0. The van der Waals surface area contributed by atoms with Gasteiger partial charge in [-0.25, -0.2) is 28.0 Å². The molecule has 0 aromatic heterocycles. The number of phenols is 2. The predicted octanol–water partition coefficient (Wildman–Crippen LogP) is 1.02. The number of benzene rings is 2. The number of ketones is 2. The Morgan fingerprint density at radius 3 is 1.02 bits per heavy atom. The van der Waals surface area contributed by atoms with Crippen LogP contribution in [0.15, 0.2) is 24.3 Å². The van der Waals surface area contributed by atoms with Gasteiger partial charge in [0.15, 0.2) is 0 Å². The van der Waals surface area contributed by atoms with Crippen molar-refractivity contribution in [1.29, 1.82) is 0 Å². The van der Waals surface area contributed by atoms with E-state index >= 15 is 0 Å². The number of aliphatic hydroxyl groups excluding tert-OH is 2. The van der Waals surface area contributed by atoms with E-state index in [0.717, 1.165) is 0 Å². The van der Waals surface area contributed by atoms with E-state index in [4.69, 9.17) is 33.8 Å². The van der Waals surface area contributed by atoms with Crippen molar-refractivity contribution in [3.05, 3.63) is 46.5 Å². The van der Waals surface area contributed by atoms with Crippen molar-refractivity contribution >= 4 is 84.3 Å². The zero-order valence-electron chi connectivity index (χ0n) is 31.3. The third kappa shape index (κ3) is 10.2. The first-order valence-electron chi connectivity index (χ1n) is 18.8. The van der Waals surface area contributed by atoms with Crippen molar-refractivity contribution in [2.45, 2.75) is 0 Å². The van der Waals surface area contributed by atoms with Crippen molar-refractivity contribution in [3.63, 3.8) is 0 Å². The van der Waals surface area contributed by atoms with E-state index in [-0.39, 0.29) is 71.8 Å². The molecule has 56 heavy (non-hydrogen) atoms. The van der Waals surface area contributed by atoms with E-state index in [2.05, 4.69) is 49.3 Å². The second-order valence-corrected chi connectivity index (χ2v) is 22.4. The fourth-order valence-corrected chi connectivity index (χ4v) is 15.3. The van der Waals surface area contributed by atoms with Gasteiger partial charge < -0.3 is 41.7 Å². The minimum absolute atomic E-state index is 0. The number of rotatable bonds is 18. The van der Waals surface area contributed by atoms with Crippen molar-refractivity contribution in [2.24, 2.45) is 0 Å². The van der Waals surface area contributed by atoms with Gasteiger partial charge in [-0.3, -0.25) is 9.59 Å². The summed E-state index contributed by atoms with van der Waals surface area (Å²) < 4.78 is 14.9. The maximum atomic E-state index is 13.4. The molecular weight excluding hydrogens is 841 g/mol. The molecule has 6 saturated heterocycles. The quantitative estimate of drug-likeness (QED) is 0.0392. The molecule has 22 heteroatoms. The molecular formula is C34H54Cl2N10O6P2S2. The lowest BCUT2D eigenvalue weighted by Crippen LogP contribution is -2.28. The van der Waals surface area contributed by atoms with Crippen LogP contribution in [0.1, 0.15) is 31.8 Å². The minimum atomic E-state index is -1.27. The summed E-state index contributed by atoms with van der Waals surface area (Å²) in [6, 6.07) is 5.74. The Morgan fingerprint density at radius 2 is 0.768 bits per heavy atom. The Bertz CT molecular complexity index is 1630. The summed E-state index contributed by atoms with van der Waals surface area (Å²) >= 11 is 11.5. The van der Waals surface area contributed by atoms with Gasteiger partial charge in [0.25, 0.3) is 0 Å². The number of aromatic hydroxyl groups is 2. The van der Waals surface area contributed by atoms with Gasteiger partial charge in [0.2, 0.25) is 11.6 Å². The van der Waals surface area contributed by atoms with Crippen LogP contribution in [0.25, 0.3) is 0 Å². The number of anilines is 2. The molecule has 0 spiro atoms. The minimum Gasteiger partial charge on any atom is -0.507 e. The molecule has 6 heterocycles. The second-order valence-electron chi connectivity index (χ2n) is 14.0. The first kappa shape index (κ1) is 45.5. The molecule has 0 saturated carbocycles. The molecule has 6 fully saturated rings. The Morgan fingerprint density at radius 1 is 0.482 bits per heavy atom. The van der Waals surface area contributed by atoms with Gasteiger partial charge in [-0.05, 0) is 47.9 Å². The van der Waals surface area contributed by atoms with Gasteiger partial charge in [0, 0.05) is 129 Å². The lowest BCUT2D eigenvalue weighted by Gasteiger charge is -2.25. The molecule has 0 unspecified atom stereocenters. The van der Waals surface area contributed by atoms with Crippen LogP contribution in [-0.4, -0.2) is 191 Å². The summed E-state index contributed by atoms with van der Waals surface area (Å²) in [6.07, 6.45) is 0. The summed E-state index contributed by atoms with van der Waals surface area (Å²) in [5.41, 5.74) is 0.678. The highest BCUT2D eigenvalue weighted by Crippen LogP contribution is 2.66. The average molecular weight is 896 g/mol. The number of nitrogens with one attached hydrogen (secondary N) is 4. The van der Waals surface area contributed by atoms with E-state index in [9.17, 15) is 19.8 Å². The number of halogens is 2. The van der Waals surface area contributed by atoms with E-state index in [1.165, 1.54) is 90.7 Å². The number of hydrogen-bond acceptors (Lipinski definition) is 12. The summed E-state index contributed by atoms with van der Waals surface area (Å²) in [4.78, 5) is 26.7. The Labute approximate surface area is 351 Å². The van der Waals surface area contributed by atoms with Crippen LogP contribution in [-0.2, 0) is 23.6 Å². The molecule has 8 N–H and O–H groups in total. The van der Waals surface area contributed by atoms with Crippen molar-refractivity contribution in [2.75, 3.05) is 142 Å². The molecule has 1 aliphatic carbocycles. The molecule has 0 atom stereocenters. The fourth-order valence-electron chi connectivity index (χ4n) is 6.54. The van der Waals surface area contributed by atoms with Gasteiger partial charge in [-0.2, -0.15) is 0 Å². The van der Waals surface area contributed by atoms with Crippen LogP contribution < -0.4 is 21.3 Å². The Hall–Kier alpha value is -1.54. The lowest BCUT2D eigenvalue weighted by atomic mass is 9.81. The molecule has 9 rings (SSSR count). The SMILES string of the molecule is Cl.Cl.O=C1c2c(O)ccc(O)c2C(=O)c2c(NCCNCCO)ccc(NCCNCCO)c21.S=P(N1CC1)(N1CC1)N1CC1.S=P(N1CC1)(N1CC1)N1CC1. The van der Waals surface area contributed by atoms with Gasteiger partial charge in [-0.15, -0.1) is 24.8 Å². The molecule has 2 aromatic carbocycles. The van der Waals surface area contributed by atoms with Crippen molar-refractivity contribution in [1.82, 2.24) is 38.7 Å². The first-order chi connectivity index (χ1) is 26.1. The number of phenolic OH excluding ortho intramolecular Hbond substituents is 2. The molecule has 7 aliphatic rings. The van der Waals surface area contributed by atoms with E-state index in [1.54, 1.807) is 12.1 Å². The number of carbonyl (C=O) groups is 2. The standard InChI is InChI=1S/C22H28N4O6.2C6H12N3PS.2ClH/c27-11-9-23-5-7-25-13-1-2-14(26-8-6-24-10-12-28)18-17(13)21(31)19-15(29)3-4-16(30)20(19)22(18)32;2*11-10(7-1-2-7,8-3-4-8)9-5-6-9;;/h1-4,23-30H,5-12H2;2*1-6H2;2*1H. The molecule has 0 bridgehead atoms. The molecule has 2 aromatic rings. The second kappa shape index (κ2) is 19.7. The maximum absolute atomic E-state index is 13.4. The van der Waals surface area contributed by atoms with Gasteiger partial charge >= 0.3 is 0 Å². The molecule has 6 aliphatic heterocycles. The monoisotopic (exact) mass is 894 g/mol. The zero-order chi connectivity index (χ0) is 38.0. The predicted molar refractivity (Wildman–Crippen MR) is 232 cm³/mol. The van der Waals surface area contributed by atoms with Crippen LogP contribution in [0, 0.1) is 0 Å². The number of hydrogen-bond donors (Lipinski definition) is 8. The largest absolute Gasteiger partial charge is 0.507 e. The van der Waals surface area contributed by atoms with Crippen molar-refractivity contribution in [3.8, 4) is 11.5 Å². The zero-order valence-corrected chi connectivity index (χ0v) is 36.3. The molecule has 0 radical (unpaired) electrons. The van der Waals surface area contributed by atoms with E-state index in [0.29, 0.717) is 50.6 Å². The van der Waals surface area contributed by atoms with Crippen LogP contribution >= 0.6 is 37.8 Å². The third-order valence-corrected chi connectivity index (χ3v) is 20.8. The summed E-state index contributed by atoms with van der Waals surface area (Å²) in [7, 11) is 0. The van der Waals surface area contributed by atoms with E-state index < -0.39 is 24.5 Å². The summed E-state index contributed by atoms with van der Waals surface area (Å²) in [6.45, 7) is 15.3. The lowest BCUT2D eigenvalue weighted by molar-refractivity contribution is 0.0975. The molecule has 0 amide bonds. The molecule has 312 valence electrons. The maximum Gasteiger partial charge on any atom is 0.200 e. The van der Waals surface area contributed by atoms with E-state index in [1.807, 2.05) is 0 Å². The first-order valence-corrected chi connectivity index (χ1v) is 24.1. The third-order valence-electron chi connectivity index (χ3n) is 9.84. The number of fused-ring (bicyclic) bond motifs is 2. The summed E-state index contributed by atoms with van der Waals surface area (Å²) in [5.74, 6) is -1.86. The highest BCUT2D eigenvalue weighted by molar-refractivity contribution is 8.11. The van der Waals surface area contributed by atoms with Gasteiger partial charge in [0.1, 0.15) is 24.5 Å². The smallest absolute Gasteiger partial charge is 0.200 e. The normalized spacial score (nSPS) is 19.8. The number of carbonyl (C=O) groups excluding carboxylic acids is 2. The van der Waals surface area contributed by atoms with Crippen LogP contribution in [0.4, 0.5) is 11.4 Å². The fraction of sp³-hybridized carbons (Fsp3) is 0.588. The molecule has 16 nitrogen and oxygen atoms in total. The van der Waals surface area contributed by atoms with Crippen molar-refractivity contribution < 1.29 is 30.0 Å². The van der Waals surface area contributed by atoms with Crippen LogP contribution in [0.5, 0.6) is 11.5 Å². The number of aliphatic hydroxyl groups is 2. The topological polar surface area (TPSA) is 181 Å².